The van der Waals surface area contributed by atoms with E-state index in [0.29, 0.717) is 31.6 Å². The Labute approximate surface area is 175 Å². The van der Waals surface area contributed by atoms with Crippen molar-refractivity contribution in [3.8, 4) is 0 Å². The minimum absolute atomic E-state index is 0.206. The predicted octanol–water partition coefficient (Wildman–Crippen LogP) is 3.36. The van der Waals surface area contributed by atoms with Crippen LogP contribution in [-0.4, -0.2) is 32.5 Å². The summed E-state index contributed by atoms with van der Waals surface area (Å²) in [7, 11) is 0. The van der Waals surface area contributed by atoms with Gasteiger partial charge in [-0.1, -0.05) is 25.1 Å². The van der Waals surface area contributed by atoms with Crippen LogP contribution in [0.3, 0.4) is 0 Å². The maximum Gasteiger partial charge on any atom is 0.348 e. The predicted molar refractivity (Wildman–Crippen MR) is 114 cm³/mol. The lowest BCUT2D eigenvalue weighted by molar-refractivity contribution is 0.0531. The quantitative estimate of drug-likeness (QED) is 0.332. The van der Waals surface area contributed by atoms with Crippen LogP contribution in [0.15, 0.2) is 20.8 Å². The number of hydrogen-bond donors (Lipinski definition) is 2. The topological polar surface area (TPSA) is 118 Å². The molecule has 0 radical (unpaired) electrons. The van der Waals surface area contributed by atoms with E-state index >= 15 is 0 Å². The monoisotopic (exact) mass is 434 g/mol. The molecule has 154 valence electrons. The smallest absolute Gasteiger partial charge is 0.348 e. The molecule has 0 aliphatic rings. The summed E-state index contributed by atoms with van der Waals surface area (Å²) >= 11 is 2.45. The van der Waals surface area contributed by atoms with Crippen LogP contribution in [0.1, 0.15) is 59.2 Å². The van der Waals surface area contributed by atoms with Crippen LogP contribution in [0.25, 0.3) is 10.2 Å². The lowest BCUT2D eigenvalue weighted by atomic mass is 10.2. The Kier molecular flexibility index (Phi) is 6.53. The van der Waals surface area contributed by atoms with E-state index in [2.05, 4.69) is 19.9 Å². The molecular formula is C19H22N4O4S2. The van der Waals surface area contributed by atoms with Crippen molar-refractivity contribution in [3.05, 3.63) is 48.7 Å². The van der Waals surface area contributed by atoms with E-state index in [9.17, 15) is 14.4 Å². The fourth-order valence-corrected chi connectivity index (χ4v) is 4.86. The molecule has 10 heteroatoms. The van der Waals surface area contributed by atoms with Crippen molar-refractivity contribution in [1.82, 2.24) is 19.9 Å². The van der Waals surface area contributed by atoms with Crippen molar-refractivity contribution >= 4 is 39.3 Å². The number of aromatic amines is 2. The first-order valence-corrected chi connectivity index (χ1v) is 11.0. The average molecular weight is 435 g/mol. The number of carbonyl (C=O) groups excluding carboxylic acids is 1. The van der Waals surface area contributed by atoms with Crippen molar-refractivity contribution in [3.63, 3.8) is 0 Å². The van der Waals surface area contributed by atoms with E-state index in [1.807, 2.05) is 13.8 Å². The third-order valence-electron chi connectivity index (χ3n) is 4.23. The molecule has 0 bridgehead atoms. The molecule has 3 heterocycles. The van der Waals surface area contributed by atoms with E-state index in [-0.39, 0.29) is 23.0 Å². The molecule has 0 fully saturated rings. The van der Waals surface area contributed by atoms with Crippen molar-refractivity contribution in [2.45, 2.75) is 50.9 Å². The number of nitrogens with zero attached hydrogens (tertiary/aromatic N) is 2. The third-order valence-corrected chi connectivity index (χ3v) is 6.39. The summed E-state index contributed by atoms with van der Waals surface area (Å²) in [5.41, 5.74) is 0.795. The van der Waals surface area contributed by atoms with Crippen LogP contribution in [0.4, 0.5) is 0 Å². The molecule has 1 unspecified atom stereocenters. The van der Waals surface area contributed by atoms with Gasteiger partial charge < -0.3 is 14.7 Å². The van der Waals surface area contributed by atoms with Gasteiger partial charge in [-0.15, -0.1) is 11.3 Å². The number of ether oxygens (including phenoxy) is 1. The lowest BCUT2D eigenvalue weighted by Crippen LogP contribution is -2.14. The van der Waals surface area contributed by atoms with Gasteiger partial charge >= 0.3 is 5.97 Å². The highest BCUT2D eigenvalue weighted by atomic mass is 32.2. The maximum atomic E-state index is 12.6. The first-order valence-electron chi connectivity index (χ1n) is 9.31. The summed E-state index contributed by atoms with van der Waals surface area (Å²) in [6.07, 6.45) is 1.61. The normalized spacial score (nSPS) is 12.3. The summed E-state index contributed by atoms with van der Waals surface area (Å²) in [5, 5.41) is 0.613. The number of thiophene rings is 1. The second-order valence-corrected chi connectivity index (χ2v) is 8.79. The molecule has 3 aromatic rings. The summed E-state index contributed by atoms with van der Waals surface area (Å²) < 4.78 is 5.06. The highest BCUT2D eigenvalue weighted by Gasteiger charge is 2.22. The van der Waals surface area contributed by atoms with Gasteiger partial charge in [0.25, 0.3) is 11.1 Å². The van der Waals surface area contributed by atoms with E-state index in [1.165, 1.54) is 17.8 Å². The zero-order valence-electron chi connectivity index (χ0n) is 16.6. The molecule has 2 N–H and O–H groups in total. The van der Waals surface area contributed by atoms with Crippen LogP contribution in [0, 0.1) is 6.92 Å². The molecule has 0 spiro atoms. The van der Waals surface area contributed by atoms with Crippen molar-refractivity contribution in [2.75, 3.05) is 6.61 Å². The maximum absolute atomic E-state index is 12.6. The average Bonchev–Trinajstić information content (AvgIpc) is 2.99. The molecule has 29 heavy (non-hydrogen) atoms. The standard InChI is InChI=1S/C19H22N4O4S2/c1-5-7-11-8-12(24)21-19(20-11)28-10(4)15-22-16(25)13-9(3)14(18(26)27-6-2)29-17(13)23-15/h8,10H,5-7H2,1-4H3,(H,20,21,24)(H,22,23,25). The molecule has 1 atom stereocenters. The van der Waals surface area contributed by atoms with E-state index in [0.717, 1.165) is 29.9 Å². The van der Waals surface area contributed by atoms with Crippen molar-refractivity contribution < 1.29 is 9.53 Å². The van der Waals surface area contributed by atoms with Gasteiger partial charge in [0.05, 0.1) is 17.2 Å². The van der Waals surface area contributed by atoms with E-state index < -0.39 is 5.97 Å². The number of carbonyl (C=O) groups is 1. The van der Waals surface area contributed by atoms with Gasteiger partial charge in [0.1, 0.15) is 15.5 Å². The van der Waals surface area contributed by atoms with Gasteiger partial charge in [0.15, 0.2) is 5.16 Å². The number of nitrogens with one attached hydrogen (secondary N) is 2. The number of rotatable bonds is 7. The van der Waals surface area contributed by atoms with Crippen LogP contribution in [0.5, 0.6) is 0 Å². The zero-order chi connectivity index (χ0) is 21.1. The van der Waals surface area contributed by atoms with Crippen molar-refractivity contribution in [1.29, 1.82) is 0 Å². The summed E-state index contributed by atoms with van der Waals surface area (Å²) in [5.74, 6) is -0.00131. The lowest BCUT2D eigenvalue weighted by Gasteiger charge is -2.10. The Morgan fingerprint density at radius 2 is 2.03 bits per heavy atom. The van der Waals surface area contributed by atoms with Gasteiger partial charge in [-0.25, -0.2) is 14.8 Å². The summed E-state index contributed by atoms with van der Waals surface area (Å²) in [4.78, 5) is 52.0. The van der Waals surface area contributed by atoms with Crippen molar-refractivity contribution in [2.24, 2.45) is 0 Å². The molecule has 0 saturated heterocycles. The Morgan fingerprint density at radius 1 is 1.28 bits per heavy atom. The van der Waals surface area contributed by atoms with Gasteiger partial charge in [-0.3, -0.25) is 9.59 Å². The molecule has 3 rings (SSSR count). The van der Waals surface area contributed by atoms with Crippen LogP contribution in [-0.2, 0) is 11.2 Å². The third kappa shape index (κ3) is 4.59. The Bertz CT molecular complexity index is 1170. The molecule has 8 nitrogen and oxygen atoms in total. The second-order valence-electron chi connectivity index (χ2n) is 6.46. The number of fused-ring (bicyclic) bond motifs is 1. The largest absolute Gasteiger partial charge is 0.462 e. The Balaban J connectivity index is 1.95. The highest BCUT2D eigenvalue weighted by molar-refractivity contribution is 7.99. The fourth-order valence-electron chi connectivity index (χ4n) is 2.89. The minimum atomic E-state index is -0.453. The summed E-state index contributed by atoms with van der Waals surface area (Å²) in [6, 6.07) is 1.50. The number of thioether (sulfide) groups is 1. The van der Waals surface area contributed by atoms with Crippen LogP contribution >= 0.6 is 23.1 Å². The molecule has 0 aliphatic heterocycles. The molecule has 0 aliphatic carbocycles. The number of aryl methyl sites for hydroxylation is 2. The van der Waals surface area contributed by atoms with Gasteiger partial charge in [0.2, 0.25) is 0 Å². The number of esters is 1. The van der Waals surface area contributed by atoms with Gasteiger partial charge in [-0.05, 0) is 32.8 Å². The van der Waals surface area contributed by atoms with E-state index in [1.54, 1.807) is 13.8 Å². The number of hydrogen-bond acceptors (Lipinski definition) is 8. The first kappa shape index (κ1) is 21.3. The Morgan fingerprint density at radius 3 is 2.72 bits per heavy atom. The zero-order valence-corrected chi connectivity index (χ0v) is 18.3. The van der Waals surface area contributed by atoms with Gasteiger partial charge in [-0.2, -0.15) is 0 Å². The molecular weight excluding hydrogens is 412 g/mol. The minimum Gasteiger partial charge on any atom is -0.462 e. The van der Waals surface area contributed by atoms with Gasteiger partial charge in [0, 0.05) is 11.8 Å². The molecule has 0 saturated carbocycles. The van der Waals surface area contributed by atoms with E-state index in [4.69, 9.17) is 4.74 Å². The fraction of sp³-hybridized carbons (Fsp3) is 0.421. The SMILES string of the molecule is CCCc1cc(=O)[nH]c(SC(C)c2nc3sc(C(=O)OCC)c(C)c3c(=O)[nH]2)n1. The highest BCUT2D eigenvalue weighted by Crippen LogP contribution is 2.33. The molecule has 0 amide bonds. The Hall–Kier alpha value is -2.46. The van der Waals surface area contributed by atoms with Crippen LogP contribution < -0.4 is 11.1 Å². The van der Waals surface area contributed by atoms with Crippen LogP contribution in [0.2, 0.25) is 0 Å². The second kappa shape index (κ2) is 8.91. The summed E-state index contributed by atoms with van der Waals surface area (Å²) in [6.45, 7) is 7.60. The molecule has 3 aromatic heterocycles. The first-order chi connectivity index (χ1) is 13.8. The number of H-pyrrole nitrogens is 2. The number of aromatic nitrogens is 4. The molecule has 0 aromatic carbocycles.